The van der Waals surface area contributed by atoms with Crippen LogP contribution in [0.5, 0.6) is 0 Å². The Kier molecular flexibility index (Phi) is 4.25. The SMILES string of the molecule is c1ccc2cc(-c3c4ccccc4cc4c(-c5cccc6ccccc56)cccc34)ccc2c1. The molecule has 0 spiro atoms. The van der Waals surface area contributed by atoms with Gasteiger partial charge in [0.2, 0.25) is 0 Å². The fourth-order valence-electron chi connectivity index (χ4n) is 5.44. The van der Waals surface area contributed by atoms with Crippen molar-refractivity contribution in [3.05, 3.63) is 133 Å². The van der Waals surface area contributed by atoms with Gasteiger partial charge in [0.15, 0.2) is 0 Å². The van der Waals surface area contributed by atoms with Crippen molar-refractivity contribution >= 4 is 43.1 Å². The third kappa shape index (κ3) is 2.93. The fourth-order valence-corrected chi connectivity index (χ4v) is 5.44. The van der Waals surface area contributed by atoms with E-state index in [2.05, 4.69) is 133 Å². The van der Waals surface area contributed by atoms with Crippen molar-refractivity contribution in [3.63, 3.8) is 0 Å². The maximum Gasteiger partial charge on any atom is -0.00264 e. The van der Waals surface area contributed by atoms with E-state index in [0.717, 1.165) is 0 Å². The van der Waals surface area contributed by atoms with Crippen molar-refractivity contribution in [2.75, 3.05) is 0 Å². The zero-order valence-electron chi connectivity index (χ0n) is 18.7. The molecule has 0 nitrogen and oxygen atoms in total. The first kappa shape index (κ1) is 19.1. The molecule has 0 N–H and O–H groups in total. The Morgan fingerprint density at radius 3 is 1.74 bits per heavy atom. The second-order valence-electron chi connectivity index (χ2n) is 8.96. The van der Waals surface area contributed by atoms with Crippen LogP contribution in [0, 0.1) is 0 Å². The van der Waals surface area contributed by atoms with Gasteiger partial charge in [0, 0.05) is 0 Å². The summed E-state index contributed by atoms with van der Waals surface area (Å²) >= 11 is 0. The Morgan fingerprint density at radius 1 is 0.294 bits per heavy atom. The van der Waals surface area contributed by atoms with Crippen LogP contribution in [0.4, 0.5) is 0 Å². The van der Waals surface area contributed by atoms with Crippen LogP contribution in [-0.4, -0.2) is 0 Å². The average molecular weight is 431 g/mol. The lowest BCUT2D eigenvalue weighted by Gasteiger charge is -2.16. The highest BCUT2D eigenvalue weighted by Gasteiger charge is 2.14. The summed E-state index contributed by atoms with van der Waals surface area (Å²) in [6, 6.07) is 48.6. The quantitative estimate of drug-likeness (QED) is 0.239. The van der Waals surface area contributed by atoms with Gasteiger partial charge in [0.05, 0.1) is 0 Å². The third-order valence-electron chi connectivity index (χ3n) is 7.02. The molecule has 0 heteroatoms. The molecule has 0 amide bonds. The first-order chi connectivity index (χ1) is 16.9. The van der Waals surface area contributed by atoms with Crippen molar-refractivity contribution in [1.82, 2.24) is 0 Å². The largest absolute Gasteiger partial charge is 0.0616 e. The summed E-state index contributed by atoms with van der Waals surface area (Å²) in [6.45, 7) is 0. The minimum atomic E-state index is 1.26. The van der Waals surface area contributed by atoms with Gasteiger partial charge in [-0.15, -0.1) is 0 Å². The summed E-state index contributed by atoms with van der Waals surface area (Å²) < 4.78 is 0. The third-order valence-corrected chi connectivity index (χ3v) is 7.02. The van der Waals surface area contributed by atoms with Gasteiger partial charge in [-0.25, -0.2) is 0 Å². The van der Waals surface area contributed by atoms with E-state index in [1.165, 1.54) is 65.3 Å². The average Bonchev–Trinajstić information content (AvgIpc) is 2.91. The lowest BCUT2D eigenvalue weighted by Crippen LogP contribution is -1.89. The molecule has 0 aliphatic heterocycles. The first-order valence-electron chi connectivity index (χ1n) is 11.8. The molecule has 0 saturated carbocycles. The lowest BCUT2D eigenvalue weighted by molar-refractivity contribution is 1.68. The molecular weight excluding hydrogens is 408 g/mol. The van der Waals surface area contributed by atoms with Crippen LogP contribution in [0.25, 0.3) is 65.3 Å². The molecule has 0 atom stereocenters. The molecule has 0 bridgehead atoms. The number of hydrogen-bond donors (Lipinski definition) is 0. The van der Waals surface area contributed by atoms with Crippen molar-refractivity contribution in [2.45, 2.75) is 0 Å². The molecule has 0 aliphatic carbocycles. The molecule has 0 heterocycles. The highest BCUT2D eigenvalue weighted by atomic mass is 14.2. The molecule has 158 valence electrons. The van der Waals surface area contributed by atoms with Crippen LogP contribution in [0.2, 0.25) is 0 Å². The summed E-state index contributed by atoms with van der Waals surface area (Å²) in [5, 5.41) is 10.2. The molecule has 0 aromatic heterocycles. The van der Waals surface area contributed by atoms with E-state index in [1.807, 2.05) is 0 Å². The van der Waals surface area contributed by atoms with Crippen LogP contribution >= 0.6 is 0 Å². The standard InChI is InChI=1S/C34H22/c1-2-11-25-21-27(20-19-23(25)9-1)34-29-15-6-4-12-26(29)22-33-31(17-8-18-32(33)34)30-16-7-13-24-10-3-5-14-28(24)30/h1-22H. The van der Waals surface area contributed by atoms with Gasteiger partial charge in [-0.3, -0.25) is 0 Å². The van der Waals surface area contributed by atoms with Crippen LogP contribution < -0.4 is 0 Å². The first-order valence-corrected chi connectivity index (χ1v) is 11.8. The van der Waals surface area contributed by atoms with Gasteiger partial charge in [0.1, 0.15) is 0 Å². The zero-order chi connectivity index (χ0) is 22.5. The second-order valence-corrected chi connectivity index (χ2v) is 8.96. The van der Waals surface area contributed by atoms with Crippen LogP contribution in [-0.2, 0) is 0 Å². The minimum absolute atomic E-state index is 1.26. The van der Waals surface area contributed by atoms with Crippen LogP contribution in [0.15, 0.2) is 133 Å². The second kappa shape index (κ2) is 7.57. The van der Waals surface area contributed by atoms with Crippen molar-refractivity contribution in [3.8, 4) is 22.3 Å². The van der Waals surface area contributed by atoms with E-state index in [4.69, 9.17) is 0 Å². The lowest BCUT2D eigenvalue weighted by atomic mass is 9.87. The number of fused-ring (bicyclic) bond motifs is 4. The molecule has 0 aliphatic rings. The summed E-state index contributed by atoms with van der Waals surface area (Å²) in [6.07, 6.45) is 0. The highest BCUT2D eigenvalue weighted by molar-refractivity contribution is 6.18. The Balaban J connectivity index is 1.61. The topological polar surface area (TPSA) is 0 Å². The normalized spacial score (nSPS) is 11.5. The minimum Gasteiger partial charge on any atom is -0.0616 e. The predicted octanol–water partition coefficient (Wildman–Crippen LogP) is 9.63. The van der Waals surface area contributed by atoms with Gasteiger partial charge in [-0.05, 0) is 77.5 Å². The van der Waals surface area contributed by atoms with E-state index in [1.54, 1.807) is 0 Å². The predicted molar refractivity (Wildman–Crippen MR) is 147 cm³/mol. The molecule has 0 unspecified atom stereocenters. The maximum absolute atomic E-state index is 2.37. The van der Waals surface area contributed by atoms with Crippen LogP contribution in [0.1, 0.15) is 0 Å². The van der Waals surface area contributed by atoms with Gasteiger partial charge in [0.25, 0.3) is 0 Å². The van der Waals surface area contributed by atoms with Crippen molar-refractivity contribution in [2.24, 2.45) is 0 Å². The van der Waals surface area contributed by atoms with E-state index in [9.17, 15) is 0 Å². The van der Waals surface area contributed by atoms with E-state index in [0.29, 0.717) is 0 Å². The van der Waals surface area contributed by atoms with Crippen molar-refractivity contribution in [1.29, 1.82) is 0 Å². The Morgan fingerprint density at radius 2 is 0.882 bits per heavy atom. The number of hydrogen-bond acceptors (Lipinski definition) is 0. The molecular formula is C34H22. The van der Waals surface area contributed by atoms with Gasteiger partial charge >= 0.3 is 0 Å². The van der Waals surface area contributed by atoms with Gasteiger partial charge < -0.3 is 0 Å². The molecule has 7 aromatic carbocycles. The molecule has 0 radical (unpaired) electrons. The summed E-state index contributed by atoms with van der Waals surface area (Å²) in [5.74, 6) is 0. The highest BCUT2D eigenvalue weighted by Crippen LogP contribution is 2.42. The molecule has 0 saturated heterocycles. The number of benzene rings is 7. The fraction of sp³-hybridized carbons (Fsp3) is 0. The van der Waals surface area contributed by atoms with Gasteiger partial charge in [-0.1, -0.05) is 121 Å². The van der Waals surface area contributed by atoms with E-state index < -0.39 is 0 Å². The summed E-state index contributed by atoms with van der Waals surface area (Å²) in [5.41, 5.74) is 5.13. The number of rotatable bonds is 2. The van der Waals surface area contributed by atoms with Gasteiger partial charge in [-0.2, -0.15) is 0 Å². The molecule has 7 aromatic rings. The Labute approximate surface area is 198 Å². The summed E-state index contributed by atoms with van der Waals surface area (Å²) in [4.78, 5) is 0. The molecule has 7 rings (SSSR count). The monoisotopic (exact) mass is 430 g/mol. The maximum atomic E-state index is 2.37. The van der Waals surface area contributed by atoms with Crippen LogP contribution in [0.3, 0.4) is 0 Å². The zero-order valence-corrected chi connectivity index (χ0v) is 18.7. The molecule has 0 fully saturated rings. The summed E-state index contributed by atoms with van der Waals surface area (Å²) in [7, 11) is 0. The molecule has 34 heavy (non-hydrogen) atoms. The Bertz CT molecular complexity index is 1850. The smallest absolute Gasteiger partial charge is 0.00264 e. The van der Waals surface area contributed by atoms with Crippen molar-refractivity contribution < 1.29 is 0 Å². The van der Waals surface area contributed by atoms with E-state index in [-0.39, 0.29) is 0 Å². The Hall–Kier alpha value is -4.42. The van der Waals surface area contributed by atoms with E-state index >= 15 is 0 Å².